The quantitative estimate of drug-likeness (QED) is 0.444. The van der Waals surface area contributed by atoms with Gasteiger partial charge in [-0.1, -0.05) is 38.8 Å². The van der Waals surface area contributed by atoms with E-state index in [0.29, 0.717) is 11.5 Å². The number of carbonyl (C=O) groups is 1. The standard InChI is InChI=1S/C23H30O3/c1-7-9-19-17(5)15(3)11-13-21(19)25-23(24)26-22-14-12-16(4)18(6)20(22)10-8-2/h11-14H,7-10H2,1-6H3. The number of ether oxygens (including phenoxy) is 2. The van der Waals surface area contributed by atoms with Gasteiger partial charge in [0.15, 0.2) is 0 Å². The fourth-order valence-corrected chi connectivity index (χ4v) is 3.21. The van der Waals surface area contributed by atoms with Crippen LogP contribution in [0.25, 0.3) is 0 Å². The van der Waals surface area contributed by atoms with Gasteiger partial charge in [-0.05, 0) is 86.1 Å². The summed E-state index contributed by atoms with van der Waals surface area (Å²) in [5.41, 5.74) is 6.92. The first-order valence-corrected chi connectivity index (χ1v) is 9.46. The maximum Gasteiger partial charge on any atom is 0.519 e. The molecule has 0 aromatic heterocycles. The first-order chi connectivity index (χ1) is 12.4. The molecule has 0 N–H and O–H groups in total. The third-order valence-corrected chi connectivity index (χ3v) is 5.04. The van der Waals surface area contributed by atoms with Gasteiger partial charge in [0.2, 0.25) is 0 Å². The van der Waals surface area contributed by atoms with Crippen LogP contribution in [0.4, 0.5) is 4.79 Å². The van der Waals surface area contributed by atoms with E-state index in [4.69, 9.17) is 9.47 Å². The van der Waals surface area contributed by atoms with E-state index in [1.54, 1.807) is 0 Å². The van der Waals surface area contributed by atoms with Crippen molar-refractivity contribution in [3.05, 3.63) is 57.6 Å². The predicted octanol–water partition coefficient (Wildman–Crippen LogP) is 6.40. The van der Waals surface area contributed by atoms with Gasteiger partial charge in [-0.25, -0.2) is 4.79 Å². The summed E-state index contributed by atoms with van der Waals surface area (Å²) in [5.74, 6) is 1.20. The Balaban J connectivity index is 2.25. The van der Waals surface area contributed by atoms with E-state index < -0.39 is 6.16 Å². The normalized spacial score (nSPS) is 10.7. The molecule has 0 amide bonds. The molecule has 26 heavy (non-hydrogen) atoms. The zero-order chi connectivity index (χ0) is 19.3. The van der Waals surface area contributed by atoms with E-state index in [2.05, 4.69) is 41.5 Å². The molecule has 3 nitrogen and oxygen atoms in total. The average molecular weight is 354 g/mol. The molecular formula is C23H30O3. The van der Waals surface area contributed by atoms with Crippen LogP contribution in [0.5, 0.6) is 11.5 Å². The molecular weight excluding hydrogens is 324 g/mol. The lowest BCUT2D eigenvalue weighted by Gasteiger charge is -2.16. The largest absolute Gasteiger partial charge is 0.519 e. The van der Waals surface area contributed by atoms with Gasteiger partial charge in [0, 0.05) is 0 Å². The van der Waals surface area contributed by atoms with Crippen LogP contribution < -0.4 is 9.47 Å². The van der Waals surface area contributed by atoms with Gasteiger partial charge in [0.05, 0.1) is 0 Å². The number of carbonyl (C=O) groups excluding carboxylic acids is 1. The molecule has 0 aliphatic carbocycles. The van der Waals surface area contributed by atoms with Crippen LogP contribution in [0, 0.1) is 27.7 Å². The highest BCUT2D eigenvalue weighted by Gasteiger charge is 2.17. The van der Waals surface area contributed by atoms with Gasteiger partial charge in [-0.2, -0.15) is 0 Å². The van der Waals surface area contributed by atoms with Gasteiger partial charge in [0.25, 0.3) is 0 Å². The smallest absolute Gasteiger partial charge is 0.394 e. The van der Waals surface area contributed by atoms with Crippen molar-refractivity contribution in [1.82, 2.24) is 0 Å². The Labute approximate surface area is 157 Å². The molecule has 0 saturated carbocycles. The third kappa shape index (κ3) is 4.46. The molecule has 0 aliphatic rings. The van der Waals surface area contributed by atoms with E-state index >= 15 is 0 Å². The van der Waals surface area contributed by atoms with Crippen molar-refractivity contribution in [3.63, 3.8) is 0 Å². The van der Waals surface area contributed by atoms with Crippen LogP contribution in [-0.4, -0.2) is 6.16 Å². The molecule has 2 aromatic rings. The van der Waals surface area contributed by atoms with E-state index in [0.717, 1.165) is 36.8 Å². The number of rotatable bonds is 6. The van der Waals surface area contributed by atoms with Crippen LogP contribution in [-0.2, 0) is 12.8 Å². The van der Waals surface area contributed by atoms with Gasteiger partial charge in [-0.15, -0.1) is 0 Å². The summed E-state index contributed by atoms with van der Waals surface area (Å²) in [4.78, 5) is 12.4. The summed E-state index contributed by atoms with van der Waals surface area (Å²) in [5, 5.41) is 0. The van der Waals surface area contributed by atoms with Gasteiger partial charge >= 0.3 is 6.16 Å². The minimum atomic E-state index is -0.675. The Hall–Kier alpha value is -2.29. The average Bonchev–Trinajstić information content (AvgIpc) is 2.61. The minimum Gasteiger partial charge on any atom is -0.394 e. The molecule has 3 heteroatoms. The van der Waals surface area contributed by atoms with Crippen LogP contribution in [0.2, 0.25) is 0 Å². The van der Waals surface area contributed by atoms with E-state index in [1.807, 2.05) is 24.3 Å². The summed E-state index contributed by atoms with van der Waals surface area (Å²) in [6.07, 6.45) is 3.06. The summed E-state index contributed by atoms with van der Waals surface area (Å²) >= 11 is 0. The van der Waals surface area contributed by atoms with Crippen molar-refractivity contribution in [3.8, 4) is 11.5 Å². The van der Waals surface area contributed by atoms with Crippen molar-refractivity contribution < 1.29 is 14.3 Å². The zero-order valence-corrected chi connectivity index (χ0v) is 16.9. The van der Waals surface area contributed by atoms with Crippen LogP contribution in [0.3, 0.4) is 0 Å². The van der Waals surface area contributed by atoms with Gasteiger partial charge in [-0.3, -0.25) is 0 Å². The Morgan fingerprint density at radius 3 is 1.46 bits per heavy atom. The fraction of sp³-hybridized carbons (Fsp3) is 0.435. The Kier molecular flexibility index (Phi) is 6.84. The van der Waals surface area contributed by atoms with Crippen molar-refractivity contribution in [2.75, 3.05) is 0 Å². The molecule has 0 unspecified atom stereocenters. The monoisotopic (exact) mass is 354 g/mol. The molecule has 2 rings (SSSR count). The lowest BCUT2D eigenvalue weighted by molar-refractivity contribution is 0.151. The molecule has 0 fully saturated rings. The predicted molar refractivity (Wildman–Crippen MR) is 106 cm³/mol. The lowest BCUT2D eigenvalue weighted by Crippen LogP contribution is -2.16. The Morgan fingerprint density at radius 2 is 1.12 bits per heavy atom. The summed E-state index contributed by atoms with van der Waals surface area (Å²) < 4.78 is 11.2. The third-order valence-electron chi connectivity index (χ3n) is 5.04. The van der Waals surface area contributed by atoms with E-state index in [9.17, 15) is 4.79 Å². The molecule has 0 aliphatic heterocycles. The fourth-order valence-electron chi connectivity index (χ4n) is 3.21. The molecule has 0 bridgehead atoms. The van der Waals surface area contributed by atoms with Crippen molar-refractivity contribution in [2.24, 2.45) is 0 Å². The summed E-state index contributed by atoms with van der Waals surface area (Å²) in [6.45, 7) is 12.5. The molecule has 140 valence electrons. The Bertz CT molecular complexity index is 725. The number of aryl methyl sites for hydroxylation is 2. The SMILES string of the molecule is CCCc1c(OC(=O)Oc2ccc(C)c(C)c2CCC)ccc(C)c1C. The first-order valence-electron chi connectivity index (χ1n) is 9.46. The summed E-state index contributed by atoms with van der Waals surface area (Å²) in [7, 11) is 0. The first kappa shape index (κ1) is 20.0. The molecule has 0 heterocycles. The molecule has 2 aromatic carbocycles. The molecule has 0 radical (unpaired) electrons. The molecule has 0 spiro atoms. The van der Waals surface area contributed by atoms with Crippen LogP contribution in [0.15, 0.2) is 24.3 Å². The van der Waals surface area contributed by atoms with Gasteiger partial charge < -0.3 is 9.47 Å². The number of hydrogen-bond acceptors (Lipinski definition) is 3. The minimum absolute atomic E-state index is 0.598. The lowest BCUT2D eigenvalue weighted by atomic mass is 9.99. The zero-order valence-electron chi connectivity index (χ0n) is 16.9. The van der Waals surface area contributed by atoms with Gasteiger partial charge in [0.1, 0.15) is 11.5 Å². The topological polar surface area (TPSA) is 35.5 Å². The highest BCUT2D eigenvalue weighted by molar-refractivity contribution is 5.69. The maximum atomic E-state index is 12.4. The molecule has 0 atom stereocenters. The van der Waals surface area contributed by atoms with E-state index in [1.165, 1.54) is 22.3 Å². The van der Waals surface area contributed by atoms with Crippen molar-refractivity contribution in [1.29, 1.82) is 0 Å². The van der Waals surface area contributed by atoms with E-state index in [-0.39, 0.29) is 0 Å². The molecule has 0 saturated heterocycles. The highest BCUT2D eigenvalue weighted by Crippen LogP contribution is 2.29. The number of benzene rings is 2. The van der Waals surface area contributed by atoms with Crippen molar-refractivity contribution >= 4 is 6.16 Å². The second kappa shape index (κ2) is 8.88. The second-order valence-corrected chi connectivity index (χ2v) is 6.92. The van der Waals surface area contributed by atoms with Crippen LogP contribution >= 0.6 is 0 Å². The highest BCUT2D eigenvalue weighted by atomic mass is 16.7. The Morgan fingerprint density at radius 1 is 0.731 bits per heavy atom. The number of hydrogen-bond donors (Lipinski definition) is 0. The summed E-state index contributed by atoms with van der Waals surface area (Å²) in [6, 6.07) is 7.69. The van der Waals surface area contributed by atoms with Crippen molar-refractivity contribution in [2.45, 2.75) is 67.2 Å². The van der Waals surface area contributed by atoms with Crippen LogP contribution in [0.1, 0.15) is 60.1 Å². The maximum absolute atomic E-state index is 12.4. The second-order valence-electron chi connectivity index (χ2n) is 6.92.